The van der Waals surface area contributed by atoms with Crippen LogP contribution in [0.2, 0.25) is 0 Å². The van der Waals surface area contributed by atoms with Gasteiger partial charge in [-0.3, -0.25) is 14.7 Å². The highest BCUT2D eigenvalue weighted by molar-refractivity contribution is 7.22. The van der Waals surface area contributed by atoms with Crippen LogP contribution < -0.4 is 9.64 Å². The van der Waals surface area contributed by atoms with Crippen LogP contribution in [0.3, 0.4) is 0 Å². The minimum Gasteiger partial charge on any atom is -0.494 e. The number of nitrogens with zero attached hydrogens (tertiary/aromatic N) is 3. The van der Waals surface area contributed by atoms with Gasteiger partial charge in [-0.15, -0.1) is 0 Å². The highest BCUT2D eigenvalue weighted by Gasteiger charge is 2.22. The van der Waals surface area contributed by atoms with Crippen molar-refractivity contribution in [3.05, 3.63) is 83.4 Å². The summed E-state index contributed by atoms with van der Waals surface area (Å²) in [5, 5.41) is 0.579. The fraction of sp³-hybridized carbons (Fsp3) is 0.174. The summed E-state index contributed by atoms with van der Waals surface area (Å²) < 4.78 is 19.7. The Hall–Kier alpha value is -3.32. The second-order valence-corrected chi connectivity index (χ2v) is 7.84. The molecule has 0 aliphatic carbocycles. The average Bonchev–Trinajstić information content (AvgIpc) is 3.21. The normalized spacial score (nSPS) is 10.9. The van der Waals surface area contributed by atoms with Crippen molar-refractivity contribution in [2.75, 3.05) is 12.0 Å². The molecule has 2 aromatic heterocycles. The van der Waals surface area contributed by atoms with E-state index < -0.39 is 0 Å². The summed E-state index contributed by atoms with van der Waals surface area (Å²) in [4.78, 5) is 24.0. The highest BCUT2D eigenvalue weighted by Crippen LogP contribution is 2.37. The van der Waals surface area contributed by atoms with E-state index in [1.54, 1.807) is 30.3 Å². The van der Waals surface area contributed by atoms with Gasteiger partial charge in [-0.1, -0.05) is 35.6 Å². The molecule has 1 amide bonds. The molecule has 2 heterocycles. The molecule has 30 heavy (non-hydrogen) atoms. The number of ether oxygens (including phenoxy) is 1. The molecule has 2 aromatic carbocycles. The minimum absolute atomic E-state index is 0.136. The number of thiazole rings is 1. The van der Waals surface area contributed by atoms with E-state index in [2.05, 4.69) is 4.98 Å². The van der Waals surface area contributed by atoms with Gasteiger partial charge in [-0.05, 0) is 48.4 Å². The van der Waals surface area contributed by atoms with Crippen LogP contribution in [0.5, 0.6) is 5.75 Å². The van der Waals surface area contributed by atoms with Crippen molar-refractivity contribution >= 4 is 32.6 Å². The standard InChI is InChI=1S/C23H20FN3O2S/c1-15-6-11-19(29-2)21-22(15)30-23(26-21)27(14-18-5-3-4-12-25-18)20(28)13-16-7-9-17(24)10-8-16/h3-12H,13-14H2,1-2H3. The summed E-state index contributed by atoms with van der Waals surface area (Å²) in [6, 6.07) is 15.4. The molecule has 0 radical (unpaired) electrons. The van der Waals surface area contributed by atoms with Crippen LogP contribution in [0.25, 0.3) is 10.2 Å². The van der Waals surface area contributed by atoms with Crippen LogP contribution in [0, 0.1) is 12.7 Å². The van der Waals surface area contributed by atoms with E-state index in [4.69, 9.17) is 9.72 Å². The predicted octanol–water partition coefficient (Wildman–Crippen LogP) is 4.92. The molecule has 0 atom stereocenters. The van der Waals surface area contributed by atoms with Gasteiger partial charge < -0.3 is 4.74 Å². The molecular weight excluding hydrogens is 401 g/mol. The average molecular weight is 421 g/mol. The Morgan fingerprint density at radius 3 is 2.63 bits per heavy atom. The van der Waals surface area contributed by atoms with Crippen LogP contribution in [-0.4, -0.2) is 23.0 Å². The molecule has 0 bridgehead atoms. The van der Waals surface area contributed by atoms with Gasteiger partial charge in [0.05, 0.1) is 30.5 Å². The lowest BCUT2D eigenvalue weighted by molar-refractivity contribution is -0.118. The van der Waals surface area contributed by atoms with Gasteiger partial charge >= 0.3 is 0 Å². The summed E-state index contributed by atoms with van der Waals surface area (Å²) in [6.07, 6.45) is 1.84. The number of amides is 1. The zero-order valence-electron chi connectivity index (χ0n) is 16.6. The number of methoxy groups -OCH3 is 1. The summed E-state index contributed by atoms with van der Waals surface area (Å²) >= 11 is 1.45. The molecule has 5 nitrogen and oxygen atoms in total. The van der Waals surface area contributed by atoms with Gasteiger partial charge in [0.15, 0.2) is 5.13 Å². The molecule has 0 fully saturated rings. The topological polar surface area (TPSA) is 55.3 Å². The Balaban J connectivity index is 1.73. The first-order valence-electron chi connectivity index (χ1n) is 9.44. The molecular formula is C23H20FN3O2S. The molecule has 0 aliphatic rings. The largest absolute Gasteiger partial charge is 0.494 e. The van der Waals surface area contributed by atoms with Gasteiger partial charge in [0.2, 0.25) is 5.91 Å². The lowest BCUT2D eigenvalue weighted by atomic mass is 10.1. The fourth-order valence-corrected chi connectivity index (χ4v) is 4.24. The zero-order chi connectivity index (χ0) is 21.1. The van der Waals surface area contributed by atoms with E-state index in [1.807, 2.05) is 37.3 Å². The number of halogens is 1. The number of fused-ring (bicyclic) bond motifs is 1. The maximum Gasteiger partial charge on any atom is 0.233 e. The van der Waals surface area contributed by atoms with Crippen molar-refractivity contribution in [2.45, 2.75) is 19.9 Å². The van der Waals surface area contributed by atoms with Crippen molar-refractivity contribution in [3.8, 4) is 5.75 Å². The molecule has 0 saturated heterocycles. The van der Waals surface area contributed by atoms with E-state index in [1.165, 1.54) is 23.5 Å². The second kappa shape index (κ2) is 8.59. The van der Waals surface area contributed by atoms with E-state index >= 15 is 0 Å². The number of aryl methyl sites for hydroxylation is 1. The van der Waals surface area contributed by atoms with Crippen molar-refractivity contribution in [1.29, 1.82) is 0 Å². The quantitative estimate of drug-likeness (QED) is 0.443. The first-order valence-corrected chi connectivity index (χ1v) is 10.3. The number of benzene rings is 2. The van der Waals surface area contributed by atoms with Crippen molar-refractivity contribution in [2.24, 2.45) is 0 Å². The van der Waals surface area contributed by atoms with Crippen molar-refractivity contribution in [3.63, 3.8) is 0 Å². The number of pyridine rings is 1. The van der Waals surface area contributed by atoms with Crippen molar-refractivity contribution in [1.82, 2.24) is 9.97 Å². The Morgan fingerprint density at radius 2 is 1.93 bits per heavy atom. The van der Waals surface area contributed by atoms with Crippen molar-refractivity contribution < 1.29 is 13.9 Å². The number of rotatable bonds is 6. The molecule has 0 unspecified atom stereocenters. The molecule has 0 aliphatic heterocycles. The maximum absolute atomic E-state index is 13.3. The predicted molar refractivity (Wildman–Crippen MR) is 116 cm³/mol. The molecule has 7 heteroatoms. The Labute approximate surface area is 177 Å². The lowest BCUT2D eigenvalue weighted by Crippen LogP contribution is -2.32. The van der Waals surface area contributed by atoms with Crippen LogP contribution in [-0.2, 0) is 17.8 Å². The van der Waals surface area contributed by atoms with Crippen LogP contribution in [0.1, 0.15) is 16.8 Å². The third-order valence-electron chi connectivity index (χ3n) is 4.76. The summed E-state index contributed by atoms with van der Waals surface area (Å²) in [5.74, 6) is 0.204. The number of carbonyl (C=O) groups excluding carboxylic acids is 1. The summed E-state index contributed by atoms with van der Waals surface area (Å²) in [6.45, 7) is 2.30. The van der Waals surface area contributed by atoms with Crippen LogP contribution >= 0.6 is 11.3 Å². The monoisotopic (exact) mass is 421 g/mol. The molecule has 4 aromatic rings. The van der Waals surface area contributed by atoms with Crippen LogP contribution in [0.4, 0.5) is 9.52 Å². The molecule has 0 N–H and O–H groups in total. The third kappa shape index (κ3) is 4.16. The number of aromatic nitrogens is 2. The maximum atomic E-state index is 13.3. The van der Waals surface area contributed by atoms with Gasteiger partial charge in [0.1, 0.15) is 17.1 Å². The zero-order valence-corrected chi connectivity index (χ0v) is 17.4. The number of hydrogen-bond acceptors (Lipinski definition) is 5. The Kier molecular flexibility index (Phi) is 5.72. The number of anilines is 1. The van der Waals surface area contributed by atoms with Gasteiger partial charge in [0, 0.05) is 6.20 Å². The Bertz CT molecular complexity index is 1180. The third-order valence-corrected chi connectivity index (χ3v) is 5.97. The Morgan fingerprint density at radius 1 is 1.13 bits per heavy atom. The SMILES string of the molecule is COc1ccc(C)c2sc(N(Cc3ccccn3)C(=O)Cc3ccc(F)cc3)nc12. The van der Waals surface area contributed by atoms with Gasteiger partial charge in [-0.2, -0.15) is 0 Å². The molecule has 4 rings (SSSR count). The second-order valence-electron chi connectivity index (χ2n) is 6.86. The smallest absolute Gasteiger partial charge is 0.233 e. The fourth-order valence-electron chi connectivity index (χ4n) is 3.17. The van der Waals surface area contributed by atoms with Gasteiger partial charge in [-0.25, -0.2) is 9.37 Å². The minimum atomic E-state index is -0.328. The first kappa shape index (κ1) is 20.0. The summed E-state index contributed by atoms with van der Waals surface area (Å²) in [5.41, 5.74) is 3.30. The molecule has 152 valence electrons. The van der Waals surface area contributed by atoms with E-state index in [9.17, 15) is 9.18 Å². The molecule has 0 spiro atoms. The first-order chi connectivity index (χ1) is 14.5. The number of hydrogen-bond donors (Lipinski definition) is 0. The molecule has 0 saturated carbocycles. The van der Waals surface area contributed by atoms with E-state index in [0.717, 1.165) is 27.0 Å². The van der Waals surface area contributed by atoms with Crippen LogP contribution in [0.15, 0.2) is 60.8 Å². The summed E-state index contributed by atoms with van der Waals surface area (Å²) in [7, 11) is 1.61. The highest BCUT2D eigenvalue weighted by atomic mass is 32.1. The van der Waals surface area contributed by atoms with E-state index in [0.29, 0.717) is 17.4 Å². The lowest BCUT2D eigenvalue weighted by Gasteiger charge is -2.19. The van der Waals surface area contributed by atoms with E-state index in [-0.39, 0.29) is 18.1 Å². The van der Waals surface area contributed by atoms with Gasteiger partial charge in [0.25, 0.3) is 0 Å². The number of carbonyl (C=O) groups is 1.